The molecule has 3 aliphatic heterocycles. The molecule has 9 heteroatoms. The normalized spacial score (nSPS) is 23.1. The summed E-state index contributed by atoms with van der Waals surface area (Å²) in [6.45, 7) is 2.70. The maximum absolute atomic E-state index is 14.4. The van der Waals surface area contributed by atoms with Gasteiger partial charge in [-0.15, -0.1) is 11.3 Å². The number of hydrogen-bond acceptors (Lipinski definition) is 6. The van der Waals surface area contributed by atoms with Crippen molar-refractivity contribution in [3.63, 3.8) is 0 Å². The predicted octanol–water partition coefficient (Wildman–Crippen LogP) is 4.04. The Morgan fingerprint density at radius 2 is 1.89 bits per heavy atom. The van der Waals surface area contributed by atoms with E-state index in [1.54, 1.807) is 12.1 Å². The molecule has 37 heavy (non-hydrogen) atoms. The molecular weight excluding hydrogens is 491 g/mol. The Bertz CT molecular complexity index is 1300. The molecule has 0 spiro atoms. The second kappa shape index (κ2) is 10.5. The zero-order valence-electron chi connectivity index (χ0n) is 20.6. The third-order valence-corrected chi connectivity index (χ3v) is 8.88. The average Bonchev–Trinajstić information content (AvgIpc) is 3.56. The number of ether oxygens (including phenoxy) is 1. The van der Waals surface area contributed by atoms with Crippen LogP contribution in [0.2, 0.25) is 0 Å². The molecule has 7 nitrogen and oxygen atoms in total. The summed E-state index contributed by atoms with van der Waals surface area (Å²) >= 11 is 1.54. The third kappa shape index (κ3) is 4.76. The van der Waals surface area contributed by atoms with Crippen LogP contribution in [0.25, 0.3) is 22.0 Å². The Hall–Kier alpha value is -2.88. The lowest BCUT2D eigenvalue weighted by Crippen LogP contribution is -2.60. The second-order valence-electron chi connectivity index (χ2n) is 10.1. The molecule has 2 N–H and O–H groups in total. The summed E-state index contributed by atoms with van der Waals surface area (Å²) in [6.07, 6.45) is 4.04. The van der Waals surface area contributed by atoms with Crippen molar-refractivity contribution < 1.29 is 18.7 Å². The number of nitrogens with one attached hydrogen (secondary N) is 2. The van der Waals surface area contributed by atoms with Gasteiger partial charge in [0.15, 0.2) is 0 Å². The van der Waals surface area contributed by atoms with Gasteiger partial charge in [0, 0.05) is 36.1 Å². The summed E-state index contributed by atoms with van der Waals surface area (Å²) in [4.78, 5) is 33.7. The first-order chi connectivity index (χ1) is 18.1. The molecule has 3 aliphatic rings. The molecule has 3 saturated heterocycles. The van der Waals surface area contributed by atoms with E-state index in [4.69, 9.17) is 9.72 Å². The minimum Gasteiger partial charge on any atom is -0.381 e. The van der Waals surface area contributed by atoms with Gasteiger partial charge >= 0.3 is 0 Å². The van der Waals surface area contributed by atoms with Crippen molar-refractivity contribution in [2.75, 3.05) is 26.3 Å². The van der Waals surface area contributed by atoms with E-state index in [0.717, 1.165) is 60.3 Å². The number of rotatable bonds is 6. The fourth-order valence-corrected chi connectivity index (χ4v) is 6.69. The molecule has 3 aromatic rings. The van der Waals surface area contributed by atoms with Gasteiger partial charge in [-0.1, -0.05) is 30.3 Å². The van der Waals surface area contributed by atoms with E-state index in [9.17, 15) is 14.0 Å². The van der Waals surface area contributed by atoms with Crippen molar-refractivity contribution in [2.24, 2.45) is 5.92 Å². The molecule has 3 atom stereocenters. The number of halogens is 1. The van der Waals surface area contributed by atoms with Crippen LogP contribution in [0.3, 0.4) is 0 Å². The molecule has 2 aromatic carbocycles. The fraction of sp³-hybridized carbons (Fsp3) is 0.464. The number of carbonyl (C=O) groups excluding carboxylic acids is 2. The maximum atomic E-state index is 14.4. The lowest BCUT2D eigenvalue weighted by molar-refractivity contribution is -0.140. The molecule has 0 bridgehead atoms. The van der Waals surface area contributed by atoms with E-state index in [-0.39, 0.29) is 35.6 Å². The van der Waals surface area contributed by atoms with E-state index in [2.05, 4.69) is 10.6 Å². The van der Waals surface area contributed by atoms with Crippen molar-refractivity contribution in [3.05, 3.63) is 52.6 Å². The lowest BCUT2D eigenvalue weighted by atomic mass is 9.90. The Morgan fingerprint density at radius 3 is 2.68 bits per heavy atom. The van der Waals surface area contributed by atoms with Crippen LogP contribution in [0.1, 0.15) is 43.2 Å². The van der Waals surface area contributed by atoms with Crippen molar-refractivity contribution in [3.8, 4) is 11.3 Å². The summed E-state index contributed by atoms with van der Waals surface area (Å²) in [5, 5.41) is 10.5. The zero-order chi connectivity index (χ0) is 25.4. The van der Waals surface area contributed by atoms with Crippen LogP contribution in [0.5, 0.6) is 0 Å². The number of likely N-dealkylation sites (tertiary alicyclic amines) is 1. The number of thiazole rings is 1. The van der Waals surface area contributed by atoms with Crippen molar-refractivity contribution in [1.82, 2.24) is 20.5 Å². The highest BCUT2D eigenvalue weighted by Crippen LogP contribution is 2.38. The highest BCUT2D eigenvalue weighted by Gasteiger charge is 2.41. The van der Waals surface area contributed by atoms with Crippen molar-refractivity contribution >= 4 is 33.9 Å². The van der Waals surface area contributed by atoms with Gasteiger partial charge in [0.2, 0.25) is 11.8 Å². The number of fused-ring (bicyclic) bond motifs is 1. The molecule has 1 aromatic heterocycles. The first-order valence-electron chi connectivity index (χ1n) is 13.1. The van der Waals surface area contributed by atoms with Gasteiger partial charge in [0.25, 0.3) is 0 Å². The molecule has 194 valence electrons. The Balaban J connectivity index is 1.26. The largest absolute Gasteiger partial charge is 0.381 e. The molecule has 2 amide bonds. The van der Waals surface area contributed by atoms with Crippen LogP contribution >= 0.6 is 11.3 Å². The molecular formula is C28H31FN4O3S. The lowest BCUT2D eigenvalue weighted by Gasteiger charge is -2.36. The average molecular weight is 523 g/mol. The van der Waals surface area contributed by atoms with E-state index >= 15 is 0 Å². The van der Waals surface area contributed by atoms with Gasteiger partial charge in [-0.2, -0.15) is 0 Å². The number of hydrogen-bond donors (Lipinski definition) is 2. The maximum Gasteiger partial charge on any atom is 0.246 e. The third-order valence-electron chi connectivity index (χ3n) is 7.93. The highest BCUT2D eigenvalue weighted by molar-refractivity contribution is 7.10. The minimum absolute atomic E-state index is 0.0222. The number of nitrogens with zero attached hydrogens (tertiary/aromatic N) is 2. The molecule has 0 radical (unpaired) electrons. The first kappa shape index (κ1) is 24.5. The van der Waals surface area contributed by atoms with Crippen LogP contribution in [0.4, 0.5) is 4.39 Å². The van der Waals surface area contributed by atoms with Gasteiger partial charge in [-0.3, -0.25) is 9.59 Å². The summed E-state index contributed by atoms with van der Waals surface area (Å²) in [6, 6.07) is 9.80. The summed E-state index contributed by atoms with van der Waals surface area (Å²) < 4.78 is 19.9. The SMILES string of the molecule is O=C(N[C@H](C(=O)N1CCC[C@H]1c1nc(-c2cccc3c(F)cccc23)cs1)C1CCOCC1)[C@@H]1CCN1. The predicted molar refractivity (Wildman–Crippen MR) is 141 cm³/mol. The standard InChI is InChI=1S/C28H31FN4O3S/c29-21-7-2-4-18-19(21)5-1-6-20(18)23-16-37-27(31-23)24-8-3-13-33(24)28(35)25(17-10-14-36-15-11-17)32-26(34)22-9-12-30-22/h1-2,4-7,16-17,22,24-25,30H,3,8-15H2,(H,32,34)/t22-,24-,25-/m0/s1. The summed E-state index contributed by atoms with van der Waals surface area (Å²) in [5.41, 5.74) is 1.68. The van der Waals surface area contributed by atoms with E-state index < -0.39 is 6.04 Å². The first-order valence-corrected chi connectivity index (χ1v) is 14.0. The number of benzene rings is 2. The fourth-order valence-electron chi connectivity index (χ4n) is 5.72. The van der Waals surface area contributed by atoms with Gasteiger partial charge in [0.1, 0.15) is 16.9 Å². The molecule has 4 heterocycles. The Morgan fingerprint density at radius 1 is 1.11 bits per heavy atom. The van der Waals surface area contributed by atoms with E-state index in [1.807, 2.05) is 28.5 Å². The zero-order valence-corrected chi connectivity index (χ0v) is 21.4. The van der Waals surface area contributed by atoms with Gasteiger partial charge < -0.3 is 20.3 Å². The summed E-state index contributed by atoms with van der Waals surface area (Å²) in [7, 11) is 0. The highest BCUT2D eigenvalue weighted by atomic mass is 32.1. The van der Waals surface area contributed by atoms with Crippen molar-refractivity contribution in [1.29, 1.82) is 0 Å². The van der Waals surface area contributed by atoms with Gasteiger partial charge in [-0.25, -0.2) is 9.37 Å². The molecule has 6 rings (SSSR count). The Labute approximate surface area is 219 Å². The monoisotopic (exact) mass is 522 g/mol. The van der Waals surface area contributed by atoms with Gasteiger partial charge in [-0.05, 0) is 56.0 Å². The number of amides is 2. The van der Waals surface area contributed by atoms with E-state index in [0.29, 0.717) is 25.1 Å². The van der Waals surface area contributed by atoms with Crippen LogP contribution in [0.15, 0.2) is 41.8 Å². The second-order valence-corrected chi connectivity index (χ2v) is 11.0. The van der Waals surface area contributed by atoms with Gasteiger partial charge in [0.05, 0.1) is 17.8 Å². The number of aromatic nitrogens is 1. The molecule has 3 fully saturated rings. The van der Waals surface area contributed by atoms with Crippen LogP contribution < -0.4 is 10.6 Å². The van der Waals surface area contributed by atoms with Crippen LogP contribution in [0, 0.1) is 11.7 Å². The molecule has 0 aliphatic carbocycles. The number of carbonyl (C=O) groups is 2. The minimum atomic E-state index is -0.556. The van der Waals surface area contributed by atoms with Crippen LogP contribution in [-0.2, 0) is 14.3 Å². The quantitative estimate of drug-likeness (QED) is 0.511. The Kier molecular flexibility index (Phi) is 6.92. The van der Waals surface area contributed by atoms with E-state index in [1.165, 1.54) is 17.4 Å². The smallest absolute Gasteiger partial charge is 0.246 e. The van der Waals surface area contributed by atoms with Crippen LogP contribution in [-0.4, -0.2) is 60.1 Å². The van der Waals surface area contributed by atoms with Crippen molar-refractivity contribution in [2.45, 2.75) is 50.2 Å². The summed E-state index contributed by atoms with van der Waals surface area (Å²) in [5.74, 6) is -0.303. The topological polar surface area (TPSA) is 83.6 Å². The molecule has 0 saturated carbocycles. The molecule has 0 unspecified atom stereocenters.